The van der Waals surface area contributed by atoms with Gasteiger partial charge in [-0.05, 0) is 175 Å². The molecule has 4 aliphatic rings. The Morgan fingerprint density at radius 2 is 1.06 bits per heavy atom. The summed E-state index contributed by atoms with van der Waals surface area (Å²) in [6, 6.07) is 14.9. The van der Waals surface area contributed by atoms with Crippen molar-refractivity contribution in [3.05, 3.63) is 81.0 Å². The molecule has 1 heterocycles. The van der Waals surface area contributed by atoms with Gasteiger partial charge in [-0.3, -0.25) is 33.6 Å². The molecule has 0 atom stereocenters. The van der Waals surface area contributed by atoms with Crippen LogP contribution in [0.15, 0.2) is 60.7 Å². The number of halogens is 1. The van der Waals surface area contributed by atoms with E-state index in [4.69, 9.17) is 40.0 Å². The summed E-state index contributed by atoms with van der Waals surface area (Å²) in [6.07, 6.45) is 14.8. The fourth-order valence-corrected chi connectivity index (χ4v) is 11.1. The summed E-state index contributed by atoms with van der Waals surface area (Å²) in [5.41, 5.74) is 1.29. The van der Waals surface area contributed by atoms with Crippen LogP contribution in [0, 0.1) is 35.5 Å². The first kappa shape index (κ1) is 50.5. The Morgan fingerprint density at radius 3 is 1.57 bits per heavy atom. The summed E-state index contributed by atoms with van der Waals surface area (Å²) >= 11 is 7.21. The van der Waals surface area contributed by atoms with Crippen molar-refractivity contribution in [2.75, 3.05) is 6.61 Å². The maximum Gasteiger partial charge on any atom is 0.314 e. The van der Waals surface area contributed by atoms with E-state index in [1.165, 1.54) is 32.1 Å². The molecule has 7 rings (SSSR count). The molecule has 4 aliphatic carbocycles. The van der Waals surface area contributed by atoms with Crippen molar-refractivity contribution in [1.82, 2.24) is 0 Å². The quantitative estimate of drug-likeness (QED) is 0.0436. The molecule has 4 saturated carbocycles. The van der Waals surface area contributed by atoms with Gasteiger partial charge in [-0.25, -0.2) is 0 Å². The minimum absolute atomic E-state index is 0.0368. The Kier molecular flexibility index (Phi) is 18.0. The maximum atomic E-state index is 13.6. The largest absolute Gasteiger partial charge is 0.466 e. The highest BCUT2D eigenvalue weighted by atomic mass is 35.5. The second kappa shape index (κ2) is 24.3. The zero-order chi connectivity index (χ0) is 48.2. The van der Waals surface area contributed by atoms with Crippen LogP contribution < -0.4 is 14.2 Å². The zero-order valence-electron chi connectivity index (χ0n) is 38.8. The van der Waals surface area contributed by atoms with Crippen LogP contribution in [0.2, 0.25) is 4.34 Å². The standard InChI is InChI=1S/C53H61ClO13S/c1-32(55)62-30-29-34-3-18-43(19-4-34)64-50(58)37-5-7-39(8-6-37)52(60)66-45-24-26-47(41(31-45)17-25-46(57)48-27-28-49(54)68-48)67-53(61)40-11-9-38(10-12-40)51(59)65-44-22-15-36(16-23-44)35-13-20-42(21-14-35)63-33(2)56/h3-4,17-19,24-28,31,35-40,42,44H,5-16,20-23,29-30H2,1-2H3/b25-17+. The third-order valence-electron chi connectivity index (χ3n) is 14.0. The van der Waals surface area contributed by atoms with E-state index in [0.29, 0.717) is 90.1 Å². The molecule has 0 aliphatic heterocycles. The van der Waals surface area contributed by atoms with Crippen molar-refractivity contribution >= 4 is 70.6 Å². The lowest BCUT2D eigenvalue weighted by Crippen LogP contribution is -2.34. The topological polar surface area (TPSA) is 175 Å². The molecule has 68 heavy (non-hydrogen) atoms. The predicted molar refractivity (Wildman–Crippen MR) is 253 cm³/mol. The average molecular weight is 974 g/mol. The molecule has 4 fully saturated rings. The molecular formula is C53H61ClO13S. The molecular weight excluding hydrogens is 912 g/mol. The van der Waals surface area contributed by atoms with Gasteiger partial charge in [0.2, 0.25) is 0 Å². The first-order valence-electron chi connectivity index (χ1n) is 24.1. The predicted octanol–water partition coefficient (Wildman–Crippen LogP) is 10.7. The number of ketones is 1. The fourth-order valence-electron chi connectivity index (χ4n) is 10.1. The van der Waals surface area contributed by atoms with Crippen molar-refractivity contribution in [2.45, 2.75) is 135 Å². The van der Waals surface area contributed by atoms with E-state index in [-0.39, 0.29) is 71.8 Å². The highest BCUT2D eigenvalue weighted by Crippen LogP contribution is 2.41. The monoisotopic (exact) mass is 972 g/mol. The molecule has 1 aromatic heterocycles. The van der Waals surface area contributed by atoms with Crippen LogP contribution in [0.25, 0.3) is 6.08 Å². The Labute approximate surface area is 406 Å². The number of allylic oxidation sites excluding steroid dienone is 1. The molecule has 0 radical (unpaired) electrons. The molecule has 0 unspecified atom stereocenters. The molecule has 0 amide bonds. The van der Waals surface area contributed by atoms with Gasteiger partial charge in [0.1, 0.15) is 29.5 Å². The molecule has 0 spiro atoms. The first-order chi connectivity index (χ1) is 32.8. The van der Waals surface area contributed by atoms with Gasteiger partial charge in [0.25, 0.3) is 0 Å². The summed E-state index contributed by atoms with van der Waals surface area (Å²) in [4.78, 5) is 89.2. The number of carbonyl (C=O) groups excluding carboxylic acids is 7. The molecule has 0 bridgehead atoms. The lowest BCUT2D eigenvalue weighted by atomic mass is 9.72. The molecule has 0 saturated heterocycles. The van der Waals surface area contributed by atoms with Crippen LogP contribution in [0.3, 0.4) is 0 Å². The summed E-state index contributed by atoms with van der Waals surface area (Å²) in [5.74, 6) is -1.82. The van der Waals surface area contributed by atoms with Crippen molar-refractivity contribution in [3.8, 4) is 17.2 Å². The van der Waals surface area contributed by atoms with E-state index >= 15 is 0 Å². The van der Waals surface area contributed by atoms with Crippen LogP contribution in [0.1, 0.15) is 137 Å². The summed E-state index contributed by atoms with van der Waals surface area (Å²) < 4.78 is 34.3. The smallest absolute Gasteiger partial charge is 0.314 e. The summed E-state index contributed by atoms with van der Waals surface area (Å²) in [6.45, 7) is 3.09. The van der Waals surface area contributed by atoms with E-state index in [0.717, 1.165) is 68.3 Å². The van der Waals surface area contributed by atoms with Gasteiger partial charge in [0, 0.05) is 25.8 Å². The lowest BCUT2D eigenvalue weighted by molar-refractivity contribution is -0.159. The average Bonchev–Trinajstić information content (AvgIpc) is 3.78. The van der Waals surface area contributed by atoms with Crippen LogP contribution >= 0.6 is 22.9 Å². The molecule has 364 valence electrons. The number of thiophene rings is 1. The minimum Gasteiger partial charge on any atom is -0.466 e. The second-order valence-corrected chi connectivity index (χ2v) is 20.4. The van der Waals surface area contributed by atoms with Gasteiger partial charge in [0.05, 0.1) is 39.5 Å². The maximum absolute atomic E-state index is 13.6. The lowest BCUT2D eigenvalue weighted by Gasteiger charge is -2.37. The summed E-state index contributed by atoms with van der Waals surface area (Å²) in [5, 5.41) is 0. The van der Waals surface area contributed by atoms with E-state index in [1.54, 1.807) is 36.4 Å². The minimum atomic E-state index is -0.454. The fraction of sp³-hybridized carbons (Fsp3) is 0.528. The SMILES string of the molecule is CC(=O)OCCc1ccc(OC(=O)C2CCC(C(=O)Oc3ccc(OC(=O)C4CCC(C(=O)OC5CCC(C6CCC(OC(C)=O)CC6)CC5)CC4)c(/C=C/C(=O)c4ccc(Cl)s4)c3)CC2)cc1. The number of carbonyl (C=O) groups is 7. The number of hydrogen-bond donors (Lipinski definition) is 0. The van der Waals surface area contributed by atoms with Crippen molar-refractivity contribution in [2.24, 2.45) is 35.5 Å². The number of ether oxygens (including phenoxy) is 6. The first-order valence-corrected chi connectivity index (χ1v) is 25.3. The van der Waals surface area contributed by atoms with Crippen LogP contribution in [0.4, 0.5) is 0 Å². The van der Waals surface area contributed by atoms with Gasteiger partial charge in [-0.15, -0.1) is 11.3 Å². The van der Waals surface area contributed by atoms with Crippen LogP contribution in [-0.4, -0.2) is 60.4 Å². The number of hydrogen-bond acceptors (Lipinski definition) is 14. The molecule has 13 nitrogen and oxygen atoms in total. The van der Waals surface area contributed by atoms with E-state index in [2.05, 4.69) is 0 Å². The Morgan fingerprint density at radius 1 is 0.559 bits per heavy atom. The Bertz CT molecular complexity index is 2290. The highest BCUT2D eigenvalue weighted by Gasteiger charge is 2.37. The molecule has 3 aromatic rings. The van der Waals surface area contributed by atoms with Gasteiger partial charge in [-0.2, -0.15) is 0 Å². The number of benzene rings is 2. The second-order valence-electron chi connectivity index (χ2n) is 18.7. The van der Waals surface area contributed by atoms with Crippen molar-refractivity contribution < 1.29 is 62.0 Å². The third kappa shape index (κ3) is 14.6. The Hall–Kier alpha value is -5.34. The normalized spacial score (nSPS) is 25.1. The van der Waals surface area contributed by atoms with Crippen molar-refractivity contribution in [1.29, 1.82) is 0 Å². The van der Waals surface area contributed by atoms with Gasteiger partial charge < -0.3 is 28.4 Å². The van der Waals surface area contributed by atoms with Gasteiger partial charge in [-0.1, -0.05) is 23.7 Å². The number of esters is 6. The molecule has 0 N–H and O–H groups in total. The third-order valence-corrected chi connectivity index (χ3v) is 15.2. The van der Waals surface area contributed by atoms with Crippen molar-refractivity contribution in [3.63, 3.8) is 0 Å². The van der Waals surface area contributed by atoms with E-state index in [9.17, 15) is 33.6 Å². The van der Waals surface area contributed by atoms with E-state index in [1.807, 2.05) is 12.1 Å². The number of rotatable bonds is 16. The molecule has 15 heteroatoms. The zero-order valence-corrected chi connectivity index (χ0v) is 40.4. The van der Waals surface area contributed by atoms with Gasteiger partial charge >= 0.3 is 35.8 Å². The summed E-state index contributed by atoms with van der Waals surface area (Å²) in [7, 11) is 0. The highest BCUT2D eigenvalue weighted by molar-refractivity contribution is 7.18. The van der Waals surface area contributed by atoms with Gasteiger partial charge in [0.15, 0.2) is 5.78 Å². The van der Waals surface area contributed by atoms with Crippen LogP contribution in [-0.2, 0) is 49.4 Å². The Balaban J connectivity index is 0.882. The van der Waals surface area contributed by atoms with Crippen LogP contribution in [0.5, 0.6) is 17.2 Å². The van der Waals surface area contributed by atoms with E-state index < -0.39 is 23.8 Å². The molecule has 2 aromatic carbocycles.